The molecule has 0 nitrogen and oxygen atoms in total. The van der Waals surface area contributed by atoms with Crippen molar-refractivity contribution in [3.8, 4) is 0 Å². The van der Waals surface area contributed by atoms with E-state index >= 15 is 0 Å². The molecule has 0 spiro atoms. The van der Waals surface area contributed by atoms with Crippen LogP contribution in [0.2, 0.25) is 0 Å². The van der Waals surface area contributed by atoms with Crippen molar-refractivity contribution in [3.63, 3.8) is 0 Å². The third kappa shape index (κ3) is 2.50. The van der Waals surface area contributed by atoms with Crippen LogP contribution in [0.15, 0.2) is 36.4 Å². The average Bonchev–Trinajstić information content (AvgIpc) is 2.09. The molecule has 0 atom stereocenters. The summed E-state index contributed by atoms with van der Waals surface area (Å²) in [6.45, 7) is 1.97. The SMILES string of the molecule is C/C=C/CCc1ccccc1F. The molecule has 0 unspecified atom stereocenters. The second-order valence-electron chi connectivity index (χ2n) is 2.70. The number of aryl methyl sites for hydroxylation is 1. The van der Waals surface area contributed by atoms with Crippen LogP contribution in [0.4, 0.5) is 4.39 Å². The van der Waals surface area contributed by atoms with Crippen molar-refractivity contribution < 1.29 is 4.39 Å². The fourth-order valence-corrected chi connectivity index (χ4v) is 1.11. The molecular weight excluding hydrogens is 151 g/mol. The van der Waals surface area contributed by atoms with E-state index in [-0.39, 0.29) is 5.82 Å². The largest absolute Gasteiger partial charge is 0.207 e. The molecular formula is C11H13F. The van der Waals surface area contributed by atoms with Crippen LogP contribution in [-0.2, 0) is 6.42 Å². The first-order valence-corrected chi connectivity index (χ1v) is 4.19. The van der Waals surface area contributed by atoms with Crippen LogP contribution in [0.1, 0.15) is 18.9 Å². The highest BCUT2D eigenvalue weighted by atomic mass is 19.1. The van der Waals surface area contributed by atoms with Crippen LogP contribution in [0.5, 0.6) is 0 Å². The van der Waals surface area contributed by atoms with Gasteiger partial charge in [0.2, 0.25) is 0 Å². The Labute approximate surface area is 72.7 Å². The summed E-state index contributed by atoms with van der Waals surface area (Å²) in [6, 6.07) is 6.92. The summed E-state index contributed by atoms with van der Waals surface area (Å²) in [7, 11) is 0. The maximum absolute atomic E-state index is 13.0. The van der Waals surface area contributed by atoms with E-state index < -0.39 is 0 Å². The van der Waals surface area contributed by atoms with Crippen molar-refractivity contribution >= 4 is 0 Å². The molecule has 0 N–H and O–H groups in total. The molecule has 1 aromatic carbocycles. The highest BCUT2D eigenvalue weighted by molar-refractivity contribution is 5.17. The molecule has 0 amide bonds. The van der Waals surface area contributed by atoms with Crippen molar-refractivity contribution in [2.24, 2.45) is 0 Å². The average molecular weight is 164 g/mol. The summed E-state index contributed by atoms with van der Waals surface area (Å²) in [6.07, 6.45) is 5.74. The second kappa shape index (κ2) is 4.70. The van der Waals surface area contributed by atoms with E-state index in [1.54, 1.807) is 6.07 Å². The van der Waals surface area contributed by atoms with E-state index in [1.165, 1.54) is 6.07 Å². The molecule has 1 heteroatoms. The minimum absolute atomic E-state index is 0.0954. The molecule has 0 saturated heterocycles. The summed E-state index contributed by atoms with van der Waals surface area (Å²) in [5.41, 5.74) is 0.801. The summed E-state index contributed by atoms with van der Waals surface area (Å²) >= 11 is 0. The number of benzene rings is 1. The molecule has 0 saturated carbocycles. The van der Waals surface area contributed by atoms with Gasteiger partial charge in [0.1, 0.15) is 5.82 Å². The summed E-state index contributed by atoms with van der Waals surface area (Å²) in [5.74, 6) is -0.0954. The standard InChI is InChI=1S/C11H13F/c1-2-3-4-7-10-8-5-6-9-11(10)12/h2-3,5-6,8-9H,4,7H2,1H3/b3-2+. The smallest absolute Gasteiger partial charge is 0.126 e. The molecule has 1 rings (SSSR count). The normalized spacial score (nSPS) is 10.8. The minimum atomic E-state index is -0.0954. The predicted molar refractivity (Wildman–Crippen MR) is 49.5 cm³/mol. The molecule has 0 fully saturated rings. The highest BCUT2D eigenvalue weighted by Crippen LogP contribution is 2.08. The minimum Gasteiger partial charge on any atom is -0.207 e. The van der Waals surface area contributed by atoms with Crippen molar-refractivity contribution in [2.75, 3.05) is 0 Å². The Morgan fingerprint density at radius 1 is 1.33 bits per heavy atom. The van der Waals surface area contributed by atoms with Gasteiger partial charge in [0.05, 0.1) is 0 Å². The zero-order valence-corrected chi connectivity index (χ0v) is 7.26. The van der Waals surface area contributed by atoms with Crippen LogP contribution in [0.3, 0.4) is 0 Å². The lowest BCUT2D eigenvalue weighted by molar-refractivity contribution is 0.609. The van der Waals surface area contributed by atoms with Crippen LogP contribution >= 0.6 is 0 Å². The third-order valence-electron chi connectivity index (χ3n) is 1.77. The van der Waals surface area contributed by atoms with Gasteiger partial charge in [-0.1, -0.05) is 30.4 Å². The topological polar surface area (TPSA) is 0 Å². The summed E-state index contributed by atoms with van der Waals surface area (Å²) < 4.78 is 13.0. The Kier molecular flexibility index (Phi) is 3.52. The Bertz CT molecular complexity index is 263. The molecule has 64 valence electrons. The van der Waals surface area contributed by atoms with Crippen molar-refractivity contribution in [2.45, 2.75) is 19.8 Å². The van der Waals surface area contributed by atoms with Crippen LogP contribution in [-0.4, -0.2) is 0 Å². The number of rotatable bonds is 3. The van der Waals surface area contributed by atoms with Crippen LogP contribution in [0, 0.1) is 5.82 Å². The zero-order chi connectivity index (χ0) is 8.81. The van der Waals surface area contributed by atoms with Crippen LogP contribution in [0.25, 0.3) is 0 Å². The van der Waals surface area contributed by atoms with Gasteiger partial charge in [-0.2, -0.15) is 0 Å². The van der Waals surface area contributed by atoms with Gasteiger partial charge in [-0.15, -0.1) is 0 Å². The monoisotopic (exact) mass is 164 g/mol. The lowest BCUT2D eigenvalue weighted by Gasteiger charge is -1.98. The molecule has 1 aromatic rings. The maximum atomic E-state index is 13.0. The van der Waals surface area contributed by atoms with Crippen LogP contribution < -0.4 is 0 Å². The first kappa shape index (κ1) is 8.98. The van der Waals surface area contributed by atoms with E-state index in [9.17, 15) is 4.39 Å². The van der Waals surface area contributed by atoms with Gasteiger partial charge in [-0.25, -0.2) is 4.39 Å². The number of hydrogen-bond donors (Lipinski definition) is 0. The third-order valence-corrected chi connectivity index (χ3v) is 1.77. The van der Waals surface area contributed by atoms with E-state index in [0.717, 1.165) is 18.4 Å². The van der Waals surface area contributed by atoms with Gasteiger partial charge in [-0.3, -0.25) is 0 Å². The molecule has 0 aliphatic rings. The Balaban J connectivity index is 2.57. The van der Waals surface area contributed by atoms with E-state index in [4.69, 9.17) is 0 Å². The first-order valence-electron chi connectivity index (χ1n) is 4.19. The number of hydrogen-bond acceptors (Lipinski definition) is 0. The van der Waals surface area contributed by atoms with Gasteiger partial charge in [-0.05, 0) is 31.4 Å². The highest BCUT2D eigenvalue weighted by Gasteiger charge is 1.97. The van der Waals surface area contributed by atoms with Crippen molar-refractivity contribution in [1.29, 1.82) is 0 Å². The van der Waals surface area contributed by atoms with E-state index in [0.29, 0.717) is 0 Å². The van der Waals surface area contributed by atoms with Crippen molar-refractivity contribution in [1.82, 2.24) is 0 Å². The van der Waals surface area contributed by atoms with E-state index in [1.807, 2.05) is 31.2 Å². The molecule has 0 radical (unpaired) electrons. The summed E-state index contributed by atoms with van der Waals surface area (Å²) in [4.78, 5) is 0. The Morgan fingerprint density at radius 3 is 2.75 bits per heavy atom. The lowest BCUT2D eigenvalue weighted by Crippen LogP contribution is -1.87. The van der Waals surface area contributed by atoms with Crippen molar-refractivity contribution in [3.05, 3.63) is 47.8 Å². The Hall–Kier alpha value is -1.11. The Morgan fingerprint density at radius 2 is 2.08 bits per heavy atom. The fraction of sp³-hybridized carbons (Fsp3) is 0.273. The second-order valence-corrected chi connectivity index (χ2v) is 2.70. The summed E-state index contributed by atoms with van der Waals surface area (Å²) in [5, 5.41) is 0. The fourth-order valence-electron chi connectivity index (χ4n) is 1.11. The number of halogens is 1. The zero-order valence-electron chi connectivity index (χ0n) is 7.26. The first-order chi connectivity index (χ1) is 5.84. The molecule has 0 aliphatic heterocycles. The quantitative estimate of drug-likeness (QED) is 0.601. The van der Waals surface area contributed by atoms with Gasteiger partial charge in [0.25, 0.3) is 0 Å². The molecule has 0 aliphatic carbocycles. The maximum Gasteiger partial charge on any atom is 0.126 e. The molecule has 12 heavy (non-hydrogen) atoms. The molecule has 0 heterocycles. The van der Waals surface area contributed by atoms with Gasteiger partial charge in [0, 0.05) is 0 Å². The number of allylic oxidation sites excluding steroid dienone is 2. The predicted octanol–water partition coefficient (Wildman–Crippen LogP) is 3.33. The van der Waals surface area contributed by atoms with Gasteiger partial charge >= 0.3 is 0 Å². The lowest BCUT2D eigenvalue weighted by atomic mass is 10.1. The van der Waals surface area contributed by atoms with Gasteiger partial charge in [0.15, 0.2) is 0 Å². The molecule has 0 bridgehead atoms. The van der Waals surface area contributed by atoms with E-state index in [2.05, 4.69) is 0 Å². The van der Waals surface area contributed by atoms with Gasteiger partial charge < -0.3 is 0 Å². The molecule has 0 aromatic heterocycles.